The molecule has 2 N–H and O–H groups in total. The number of hydrogen-bond donors (Lipinski definition) is 2. The highest BCUT2D eigenvalue weighted by atomic mass is 16.3. The summed E-state index contributed by atoms with van der Waals surface area (Å²) < 4.78 is 0. The fourth-order valence-corrected chi connectivity index (χ4v) is 2.95. The molecule has 0 aliphatic heterocycles. The summed E-state index contributed by atoms with van der Waals surface area (Å²) in [5, 5.41) is 14.5. The van der Waals surface area contributed by atoms with E-state index in [-0.39, 0.29) is 11.5 Å². The zero-order chi connectivity index (χ0) is 19.5. The number of nitrogens with zero attached hydrogens (tertiary/aromatic N) is 3. The summed E-state index contributed by atoms with van der Waals surface area (Å²) in [6.07, 6.45) is 3.52. The van der Waals surface area contributed by atoms with Crippen LogP contribution in [0.3, 0.4) is 0 Å². The molecule has 2 aromatic heterocycles. The number of Topliss-reactive ketones (excluding diaryl/α,β-unsaturated/α-hetero) is 1. The Kier molecular flexibility index (Phi) is 4.68. The van der Waals surface area contributed by atoms with Gasteiger partial charge < -0.3 is 10.4 Å². The van der Waals surface area contributed by atoms with E-state index < -0.39 is 0 Å². The third-order valence-electron chi connectivity index (χ3n) is 4.43. The number of pyridine rings is 1. The van der Waals surface area contributed by atoms with E-state index in [0.717, 1.165) is 16.5 Å². The third kappa shape index (κ3) is 3.53. The fourth-order valence-electron chi connectivity index (χ4n) is 2.95. The van der Waals surface area contributed by atoms with Gasteiger partial charge in [-0.3, -0.25) is 9.78 Å². The van der Waals surface area contributed by atoms with Gasteiger partial charge in [-0.25, -0.2) is 9.97 Å². The molecule has 0 unspecified atom stereocenters. The number of carbonyl (C=O) groups is 1. The van der Waals surface area contributed by atoms with E-state index in [1.54, 1.807) is 24.5 Å². The first-order valence-electron chi connectivity index (χ1n) is 8.86. The van der Waals surface area contributed by atoms with E-state index in [0.29, 0.717) is 29.3 Å². The molecule has 0 radical (unpaired) electrons. The molecule has 0 spiro atoms. The molecule has 6 nitrogen and oxygen atoms in total. The van der Waals surface area contributed by atoms with Gasteiger partial charge in [0, 0.05) is 29.9 Å². The van der Waals surface area contributed by atoms with Crippen molar-refractivity contribution in [1.29, 1.82) is 0 Å². The maximum Gasteiger partial charge on any atom is 0.165 e. The monoisotopic (exact) mass is 370 g/mol. The molecular weight excluding hydrogens is 352 g/mol. The number of aromatic hydroxyl groups is 1. The highest BCUT2D eigenvalue weighted by molar-refractivity contribution is 5.96. The van der Waals surface area contributed by atoms with Gasteiger partial charge in [0.1, 0.15) is 11.6 Å². The first-order chi connectivity index (χ1) is 13.6. The van der Waals surface area contributed by atoms with Crippen LogP contribution in [0, 0.1) is 0 Å². The minimum Gasteiger partial charge on any atom is -0.507 e. The Labute approximate surface area is 161 Å². The lowest BCUT2D eigenvalue weighted by Crippen LogP contribution is -2.05. The number of para-hydroxylation sites is 1. The Hall–Kier alpha value is -3.80. The van der Waals surface area contributed by atoms with Crippen LogP contribution in [-0.4, -0.2) is 25.8 Å². The number of carbonyl (C=O) groups excluding carboxylic acids is 1. The second kappa shape index (κ2) is 7.44. The summed E-state index contributed by atoms with van der Waals surface area (Å²) in [5.41, 5.74) is 2.68. The molecule has 0 aliphatic rings. The largest absolute Gasteiger partial charge is 0.507 e. The van der Waals surface area contributed by atoms with Crippen molar-refractivity contribution in [2.45, 2.75) is 13.5 Å². The molecule has 2 heterocycles. The number of anilines is 1. The van der Waals surface area contributed by atoms with Crippen molar-refractivity contribution in [3.8, 4) is 17.1 Å². The number of phenolic OH excluding ortho intramolecular Hbond substituents is 1. The molecule has 4 rings (SSSR count). The number of ketones is 1. The molecule has 0 fully saturated rings. The van der Waals surface area contributed by atoms with Gasteiger partial charge in [0.2, 0.25) is 0 Å². The molecule has 6 heteroatoms. The van der Waals surface area contributed by atoms with Crippen LogP contribution < -0.4 is 5.32 Å². The van der Waals surface area contributed by atoms with Crippen molar-refractivity contribution >= 4 is 22.5 Å². The van der Waals surface area contributed by atoms with Crippen LogP contribution in [0.15, 0.2) is 67.0 Å². The first kappa shape index (κ1) is 17.6. The number of aromatic nitrogens is 3. The van der Waals surface area contributed by atoms with Gasteiger partial charge in [0.25, 0.3) is 0 Å². The predicted octanol–water partition coefficient (Wildman–Crippen LogP) is 4.21. The van der Waals surface area contributed by atoms with Gasteiger partial charge in [-0.05, 0) is 48.9 Å². The van der Waals surface area contributed by atoms with Crippen LogP contribution in [0.25, 0.3) is 22.3 Å². The summed E-state index contributed by atoms with van der Waals surface area (Å²) in [6, 6.07) is 16.2. The van der Waals surface area contributed by atoms with Crippen LogP contribution in [-0.2, 0) is 6.54 Å². The minimum atomic E-state index is -0.0861. The molecule has 0 amide bonds. The van der Waals surface area contributed by atoms with E-state index in [1.165, 1.54) is 13.0 Å². The molecule has 0 saturated heterocycles. The van der Waals surface area contributed by atoms with Crippen LogP contribution in [0.1, 0.15) is 22.8 Å². The smallest absolute Gasteiger partial charge is 0.165 e. The lowest BCUT2D eigenvalue weighted by atomic mass is 10.1. The maximum atomic E-state index is 11.7. The number of nitrogens with one attached hydrogen (secondary N) is 1. The summed E-state index contributed by atoms with van der Waals surface area (Å²) in [7, 11) is 0. The average Bonchev–Trinajstić information content (AvgIpc) is 2.72. The van der Waals surface area contributed by atoms with Crippen molar-refractivity contribution in [2.24, 2.45) is 0 Å². The van der Waals surface area contributed by atoms with E-state index >= 15 is 0 Å². The summed E-state index contributed by atoms with van der Waals surface area (Å²) in [5.74, 6) is 0.945. The Morgan fingerprint density at radius 1 is 1.07 bits per heavy atom. The highest BCUT2D eigenvalue weighted by Gasteiger charge is 2.14. The lowest BCUT2D eigenvalue weighted by molar-refractivity contribution is 0.101. The molecule has 2 aromatic carbocycles. The topological polar surface area (TPSA) is 88.0 Å². The summed E-state index contributed by atoms with van der Waals surface area (Å²) in [6.45, 7) is 2.03. The van der Waals surface area contributed by atoms with Crippen LogP contribution in [0.4, 0.5) is 5.82 Å². The Morgan fingerprint density at radius 2 is 1.93 bits per heavy atom. The van der Waals surface area contributed by atoms with E-state index in [9.17, 15) is 9.90 Å². The summed E-state index contributed by atoms with van der Waals surface area (Å²) >= 11 is 0. The summed E-state index contributed by atoms with van der Waals surface area (Å²) in [4.78, 5) is 25.1. The molecule has 138 valence electrons. The van der Waals surface area contributed by atoms with Crippen molar-refractivity contribution < 1.29 is 9.90 Å². The van der Waals surface area contributed by atoms with E-state index in [1.807, 2.05) is 36.4 Å². The molecule has 4 aromatic rings. The van der Waals surface area contributed by atoms with Gasteiger partial charge in [-0.15, -0.1) is 0 Å². The average molecular weight is 370 g/mol. The number of rotatable bonds is 5. The number of phenols is 1. The maximum absolute atomic E-state index is 11.7. The predicted molar refractivity (Wildman–Crippen MR) is 108 cm³/mol. The van der Waals surface area contributed by atoms with Crippen molar-refractivity contribution in [3.63, 3.8) is 0 Å². The molecule has 0 saturated carbocycles. The van der Waals surface area contributed by atoms with E-state index in [4.69, 9.17) is 0 Å². The zero-order valence-corrected chi connectivity index (χ0v) is 15.3. The van der Waals surface area contributed by atoms with Gasteiger partial charge >= 0.3 is 0 Å². The normalized spacial score (nSPS) is 10.8. The van der Waals surface area contributed by atoms with Crippen LogP contribution in [0.5, 0.6) is 5.75 Å². The van der Waals surface area contributed by atoms with Gasteiger partial charge in [0.15, 0.2) is 11.6 Å². The van der Waals surface area contributed by atoms with Crippen LogP contribution in [0.2, 0.25) is 0 Å². The molecule has 0 bridgehead atoms. The third-order valence-corrected chi connectivity index (χ3v) is 4.43. The second-order valence-electron chi connectivity index (χ2n) is 6.42. The Morgan fingerprint density at radius 3 is 2.71 bits per heavy atom. The number of hydrogen-bond acceptors (Lipinski definition) is 6. The van der Waals surface area contributed by atoms with Crippen molar-refractivity contribution in [1.82, 2.24) is 15.0 Å². The first-order valence-corrected chi connectivity index (χ1v) is 8.86. The van der Waals surface area contributed by atoms with E-state index in [2.05, 4.69) is 20.3 Å². The number of benzene rings is 2. The Balaban J connectivity index is 1.80. The van der Waals surface area contributed by atoms with Crippen molar-refractivity contribution in [2.75, 3.05) is 5.32 Å². The molecule has 28 heavy (non-hydrogen) atoms. The van der Waals surface area contributed by atoms with Gasteiger partial charge in [-0.2, -0.15) is 0 Å². The van der Waals surface area contributed by atoms with Crippen LogP contribution >= 0.6 is 0 Å². The van der Waals surface area contributed by atoms with Gasteiger partial charge in [-0.1, -0.05) is 18.2 Å². The number of fused-ring (bicyclic) bond motifs is 1. The van der Waals surface area contributed by atoms with Gasteiger partial charge in [0.05, 0.1) is 11.1 Å². The quantitative estimate of drug-likeness (QED) is 0.512. The highest BCUT2D eigenvalue weighted by Crippen LogP contribution is 2.31. The minimum absolute atomic E-state index is 0.0264. The SMILES string of the molecule is CC(=O)c1ccc(O)c(-c2nc(NCc3cccnc3)c3ccccc3n2)c1. The van der Waals surface area contributed by atoms with Crippen molar-refractivity contribution in [3.05, 3.63) is 78.1 Å². The lowest BCUT2D eigenvalue weighted by Gasteiger charge is -2.12. The standard InChI is InChI=1S/C22H18N4O2/c1-14(27)16-8-9-20(28)18(11-16)22-25-19-7-3-2-6-17(19)21(26-22)24-13-15-5-4-10-23-12-15/h2-12,28H,13H2,1H3,(H,24,25,26). The molecule has 0 aliphatic carbocycles. The molecule has 0 atom stereocenters. The molecular formula is C22H18N4O2. The second-order valence-corrected chi connectivity index (χ2v) is 6.42. The zero-order valence-electron chi connectivity index (χ0n) is 15.3. The Bertz CT molecular complexity index is 1160. The fraction of sp³-hybridized carbons (Fsp3) is 0.0909.